The van der Waals surface area contributed by atoms with Gasteiger partial charge in [0.05, 0.1) is 13.5 Å². The fraction of sp³-hybridized carbons (Fsp3) is 0.556. The van der Waals surface area contributed by atoms with Gasteiger partial charge in [0.25, 0.3) is 0 Å². The highest BCUT2D eigenvalue weighted by molar-refractivity contribution is 5.74. The zero-order chi connectivity index (χ0) is 12.9. The number of alkyl halides is 3. The number of carbonyl (C=O) groups excluding carboxylic acids is 1. The molecule has 0 radical (unpaired) electrons. The summed E-state index contributed by atoms with van der Waals surface area (Å²) in [6.45, 7) is -0.323. The largest absolute Gasteiger partial charge is 0.468 e. The van der Waals surface area contributed by atoms with E-state index < -0.39 is 18.6 Å². The second-order valence-electron chi connectivity index (χ2n) is 3.26. The first kappa shape index (κ1) is 13.3. The van der Waals surface area contributed by atoms with E-state index in [1.165, 1.54) is 19.4 Å². The third-order valence-corrected chi connectivity index (χ3v) is 1.91. The molecule has 1 aromatic rings. The zero-order valence-electron chi connectivity index (χ0n) is 9.12. The minimum atomic E-state index is -4.20. The molecule has 0 unspecified atom stereocenters. The topological polar surface area (TPSA) is 56.1 Å². The summed E-state index contributed by atoms with van der Waals surface area (Å²) >= 11 is 0. The normalized spacial score (nSPS) is 11.3. The molecule has 0 saturated heterocycles. The molecule has 0 aliphatic rings. The number of hydrogen-bond acceptors (Lipinski definition) is 4. The van der Waals surface area contributed by atoms with Crippen LogP contribution in [0.2, 0.25) is 0 Å². The monoisotopic (exact) mass is 251 g/mol. The highest BCUT2D eigenvalue weighted by Crippen LogP contribution is 2.20. The van der Waals surface area contributed by atoms with Crippen LogP contribution >= 0.6 is 0 Å². The molecule has 0 amide bonds. The SMILES string of the molecule is COC(=O)CNc1ccn(CCC(F)(F)F)n1. The van der Waals surface area contributed by atoms with Gasteiger partial charge in [-0.2, -0.15) is 18.3 Å². The van der Waals surface area contributed by atoms with Crippen LogP contribution in [-0.4, -0.2) is 35.6 Å². The van der Waals surface area contributed by atoms with Crippen LogP contribution in [0, 0.1) is 0 Å². The van der Waals surface area contributed by atoms with Crippen molar-refractivity contribution >= 4 is 11.8 Å². The summed E-state index contributed by atoms with van der Waals surface area (Å²) in [6.07, 6.45) is -3.73. The number of anilines is 1. The fourth-order valence-corrected chi connectivity index (χ4v) is 1.06. The van der Waals surface area contributed by atoms with Gasteiger partial charge in [-0.15, -0.1) is 0 Å². The third-order valence-electron chi connectivity index (χ3n) is 1.91. The Morgan fingerprint density at radius 3 is 2.88 bits per heavy atom. The summed E-state index contributed by atoms with van der Waals surface area (Å²) in [7, 11) is 1.24. The van der Waals surface area contributed by atoms with Crippen molar-refractivity contribution in [1.82, 2.24) is 9.78 Å². The standard InChI is InChI=1S/C9H12F3N3O2/c1-17-8(16)6-13-7-2-4-15(14-7)5-3-9(10,11)12/h2,4H,3,5-6H2,1H3,(H,13,14). The summed E-state index contributed by atoms with van der Waals surface area (Å²) in [5, 5.41) is 6.44. The van der Waals surface area contributed by atoms with E-state index in [4.69, 9.17) is 0 Å². The fourth-order valence-electron chi connectivity index (χ4n) is 1.06. The molecule has 0 fully saturated rings. The van der Waals surface area contributed by atoms with Crippen molar-refractivity contribution < 1.29 is 22.7 Å². The summed E-state index contributed by atoms with van der Waals surface area (Å²) < 4.78 is 41.3. The Kier molecular flexibility index (Phi) is 4.36. The molecule has 0 spiro atoms. The lowest BCUT2D eigenvalue weighted by atomic mass is 10.4. The van der Waals surface area contributed by atoms with Crippen molar-refractivity contribution in [2.75, 3.05) is 19.0 Å². The second-order valence-corrected chi connectivity index (χ2v) is 3.26. The first-order chi connectivity index (χ1) is 7.90. The van der Waals surface area contributed by atoms with E-state index in [0.29, 0.717) is 5.82 Å². The van der Waals surface area contributed by atoms with Crippen molar-refractivity contribution in [2.45, 2.75) is 19.1 Å². The van der Waals surface area contributed by atoms with Gasteiger partial charge in [0.15, 0.2) is 0 Å². The highest BCUT2D eigenvalue weighted by atomic mass is 19.4. The number of carbonyl (C=O) groups is 1. The van der Waals surface area contributed by atoms with Crippen LogP contribution in [0.15, 0.2) is 12.3 Å². The van der Waals surface area contributed by atoms with E-state index in [9.17, 15) is 18.0 Å². The lowest BCUT2D eigenvalue weighted by Gasteiger charge is -2.05. The summed E-state index contributed by atoms with van der Waals surface area (Å²) in [4.78, 5) is 10.8. The predicted molar refractivity (Wildman–Crippen MR) is 53.4 cm³/mol. The molecule has 96 valence electrons. The Balaban J connectivity index is 2.40. The first-order valence-electron chi connectivity index (χ1n) is 4.81. The number of halogens is 3. The zero-order valence-corrected chi connectivity index (χ0v) is 9.12. The molecule has 8 heteroatoms. The molecular formula is C9H12F3N3O2. The molecule has 1 heterocycles. The minimum Gasteiger partial charge on any atom is -0.468 e. The Bertz CT molecular complexity index is 376. The lowest BCUT2D eigenvalue weighted by molar-refractivity contribution is -0.138. The molecule has 0 atom stereocenters. The van der Waals surface area contributed by atoms with Crippen LogP contribution in [0.1, 0.15) is 6.42 Å². The predicted octanol–water partition coefficient (Wildman–Crippen LogP) is 1.42. The maximum atomic E-state index is 11.9. The molecule has 0 bridgehead atoms. The van der Waals surface area contributed by atoms with Gasteiger partial charge in [0, 0.05) is 18.8 Å². The average Bonchev–Trinajstić information content (AvgIpc) is 2.70. The van der Waals surface area contributed by atoms with Gasteiger partial charge in [-0.3, -0.25) is 9.48 Å². The highest BCUT2D eigenvalue weighted by Gasteiger charge is 2.26. The van der Waals surface area contributed by atoms with Crippen LogP contribution in [0.3, 0.4) is 0 Å². The van der Waals surface area contributed by atoms with Gasteiger partial charge < -0.3 is 10.1 Å². The van der Waals surface area contributed by atoms with Gasteiger partial charge in [0.2, 0.25) is 0 Å². The first-order valence-corrected chi connectivity index (χ1v) is 4.81. The van der Waals surface area contributed by atoms with Crippen LogP contribution in [0.4, 0.5) is 19.0 Å². The molecule has 0 aliphatic heterocycles. The average molecular weight is 251 g/mol. The summed E-state index contributed by atoms with van der Waals surface area (Å²) in [5.74, 6) is -0.146. The van der Waals surface area contributed by atoms with Crippen LogP contribution in [0.5, 0.6) is 0 Å². The Hall–Kier alpha value is -1.73. The molecule has 0 aliphatic carbocycles. The van der Waals surface area contributed by atoms with Crippen molar-refractivity contribution in [3.05, 3.63) is 12.3 Å². The number of nitrogens with one attached hydrogen (secondary N) is 1. The Labute approximate surface area is 95.5 Å². The van der Waals surface area contributed by atoms with Gasteiger partial charge in [-0.05, 0) is 0 Å². The number of nitrogens with zero attached hydrogens (tertiary/aromatic N) is 2. The van der Waals surface area contributed by atoms with Crippen molar-refractivity contribution in [3.8, 4) is 0 Å². The van der Waals surface area contributed by atoms with E-state index in [1.807, 2.05) is 0 Å². The number of ether oxygens (including phenoxy) is 1. The molecular weight excluding hydrogens is 239 g/mol. The van der Waals surface area contributed by atoms with Gasteiger partial charge in [-0.1, -0.05) is 0 Å². The van der Waals surface area contributed by atoms with Crippen molar-refractivity contribution in [2.24, 2.45) is 0 Å². The quantitative estimate of drug-likeness (QED) is 0.804. The second kappa shape index (κ2) is 5.55. The number of esters is 1. The molecule has 1 aromatic heterocycles. The van der Waals surface area contributed by atoms with Crippen LogP contribution in [0.25, 0.3) is 0 Å². The van der Waals surface area contributed by atoms with E-state index in [2.05, 4.69) is 15.2 Å². The van der Waals surface area contributed by atoms with Crippen molar-refractivity contribution in [3.63, 3.8) is 0 Å². The van der Waals surface area contributed by atoms with Crippen molar-refractivity contribution in [1.29, 1.82) is 0 Å². The molecule has 1 N–H and O–H groups in total. The molecule has 5 nitrogen and oxygen atoms in total. The molecule has 0 saturated carbocycles. The number of methoxy groups -OCH3 is 1. The van der Waals surface area contributed by atoms with E-state index >= 15 is 0 Å². The van der Waals surface area contributed by atoms with E-state index in [0.717, 1.165) is 4.68 Å². The smallest absolute Gasteiger partial charge is 0.390 e. The van der Waals surface area contributed by atoms with Gasteiger partial charge in [0.1, 0.15) is 12.4 Å². The number of rotatable bonds is 5. The number of aryl methyl sites for hydroxylation is 1. The number of aromatic nitrogens is 2. The molecule has 17 heavy (non-hydrogen) atoms. The molecule has 0 aromatic carbocycles. The van der Waals surface area contributed by atoms with Crippen LogP contribution < -0.4 is 5.32 Å². The van der Waals surface area contributed by atoms with Gasteiger partial charge in [-0.25, -0.2) is 0 Å². The Morgan fingerprint density at radius 1 is 1.59 bits per heavy atom. The summed E-state index contributed by atoms with van der Waals surface area (Å²) in [6, 6.07) is 1.49. The Morgan fingerprint density at radius 2 is 2.29 bits per heavy atom. The maximum Gasteiger partial charge on any atom is 0.390 e. The van der Waals surface area contributed by atoms with E-state index in [-0.39, 0.29) is 13.1 Å². The summed E-state index contributed by atoms with van der Waals surface area (Å²) in [5.41, 5.74) is 0. The number of hydrogen-bond donors (Lipinski definition) is 1. The van der Waals surface area contributed by atoms with Gasteiger partial charge >= 0.3 is 12.1 Å². The maximum absolute atomic E-state index is 11.9. The van der Waals surface area contributed by atoms with Crippen LogP contribution in [-0.2, 0) is 16.1 Å². The minimum absolute atomic E-state index is 0.0766. The third kappa shape index (κ3) is 5.23. The molecule has 1 rings (SSSR count). The van der Waals surface area contributed by atoms with E-state index in [1.54, 1.807) is 0 Å². The lowest BCUT2D eigenvalue weighted by Crippen LogP contribution is -2.16.